The maximum atomic E-state index is 12.5. The van der Waals surface area contributed by atoms with E-state index in [9.17, 15) is 13.2 Å². The molecule has 5 nitrogen and oxygen atoms in total. The maximum absolute atomic E-state index is 12.5. The highest BCUT2D eigenvalue weighted by molar-refractivity contribution is 7.92. The molecule has 1 N–H and O–H groups in total. The van der Waals surface area contributed by atoms with Crippen LogP contribution < -0.4 is 9.62 Å². The van der Waals surface area contributed by atoms with Gasteiger partial charge >= 0.3 is 0 Å². The maximum Gasteiger partial charge on any atom is 0.241 e. The van der Waals surface area contributed by atoms with Crippen molar-refractivity contribution in [3.05, 3.63) is 63.6 Å². The van der Waals surface area contributed by atoms with Gasteiger partial charge < -0.3 is 5.32 Å². The predicted octanol–water partition coefficient (Wildman–Crippen LogP) is 4.20. The Morgan fingerprint density at radius 1 is 1.11 bits per heavy atom. The van der Waals surface area contributed by atoms with Crippen molar-refractivity contribution >= 4 is 44.8 Å². The third-order valence-corrected chi connectivity index (χ3v) is 5.67. The van der Waals surface area contributed by atoms with Gasteiger partial charge in [0.2, 0.25) is 15.9 Å². The molecule has 0 spiro atoms. The van der Waals surface area contributed by atoms with Crippen LogP contribution in [0.5, 0.6) is 0 Å². The molecule has 0 heterocycles. The van der Waals surface area contributed by atoms with Crippen molar-refractivity contribution in [2.45, 2.75) is 26.3 Å². The number of aryl methyl sites for hydroxylation is 1. The molecule has 2 rings (SSSR count). The number of anilines is 1. The molecule has 27 heavy (non-hydrogen) atoms. The highest BCUT2D eigenvalue weighted by atomic mass is 35.5. The van der Waals surface area contributed by atoms with Crippen molar-refractivity contribution in [2.24, 2.45) is 0 Å². The standard InChI is InChI=1S/C19H22Cl2N2O3S/c1-4-14-5-7-15(8-6-14)13(2)22-19(24)12-23(27(3,25)26)18-10-16(20)9-17(21)11-18/h5-11,13H,4,12H2,1-3H3,(H,22,24)/t13-/m1/s1. The van der Waals surface area contributed by atoms with Crippen LogP contribution in [0, 0.1) is 0 Å². The summed E-state index contributed by atoms with van der Waals surface area (Å²) in [4.78, 5) is 12.5. The Morgan fingerprint density at radius 2 is 1.67 bits per heavy atom. The number of nitrogens with zero attached hydrogens (tertiary/aromatic N) is 1. The number of hydrogen-bond acceptors (Lipinski definition) is 3. The molecule has 0 unspecified atom stereocenters. The van der Waals surface area contributed by atoms with Crippen LogP contribution in [0.2, 0.25) is 10.0 Å². The normalized spacial score (nSPS) is 12.5. The Hall–Kier alpha value is -1.76. The third-order valence-electron chi connectivity index (χ3n) is 4.09. The van der Waals surface area contributed by atoms with Crippen molar-refractivity contribution in [3.63, 3.8) is 0 Å². The lowest BCUT2D eigenvalue weighted by molar-refractivity contribution is -0.120. The molecule has 0 bridgehead atoms. The molecule has 146 valence electrons. The summed E-state index contributed by atoms with van der Waals surface area (Å²) in [6.45, 7) is 3.55. The van der Waals surface area contributed by atoms with E-state index < -0.39 is 15.9 Å². The van der Waals surface area contributed by atoms with E-state index in [1.54, 1.807) is 0 Å². The third kappa shape index (κ3) is 6.13. The lowest BCUT2D eigenvalue weighted by Gasteiger charge is -2.23. The fraction of sp³-hybridized carbons (Fsp3) is 0.316. The van der Waals surface area contributed by atoms with Crippen LogP contribution in [-0.2, 0) is 21.2 Å². The van der Waals surface area contributed by atoms with Gasteiger partial charge in [-0.3, -0.25) is 9.10 Å². The van der Waals surface area contributed by atoms with Gasteiger partial charge in [-0.05, 0) is 42.7 Å². The van der Waals surface area contributed by atoms with Gasteiger partial charge in [0.1, 0.15) is 6.54 Å². The van der Waals surface area contributed by atoms with Crippen molar-refractivity contribution in [1.82, 2.24) is 5.32 Å². The van der Waals surface area contributed by atoms with Gasteiger partial charge in [-0.15, -0.1) is 0 Å². The fourth-order valence-electron chi connectivity index (χ4n) is 2.63. The largest absolute Gasteiger partial charge is 0.348 e. The molecule has 2 aromatic rings. The molecule has 0 saturated heterocycles. The number of carbonyl (C=O) groups excluding carboxylic acids is 1. The van der Waals surface area contributed by atoms with Crippen LogP contribution in [-0.4, -0.2) is 27.1 Å². The number of amides is 1. The number of halogens is 2. The van der Waals surface area contributed by atoms with Crippen molar-refractivity contribution in [1.29, 1.82) is 0 Å². The zero-order chi connectivity index (χ0) is 20.2. The van der Waals surface area contributed by atoms with Gasteiger partial charge in [-0.2, -0.15) is 0 Å². The summed E-state index contributed by atoms with van der Waals surface area (Å²) in [7, 11) is -3.70. The van der Waals surface area contributed by atoms with E-state index in [1.807, 2.05) is 31.2 Å². The number of hydrogen-bond donors (Lipinski definition) is 1. The molecule has 1 amide bonds. The zero-order valence-corrected chi connectivity index (χ0v) is 17.7. The molecule has 1 atom stereocenters. The summed E-state index contributed by atoms with van der Waals surface area (Å²) >= 11 is 11.9. The SMILES string of the molecule is CCc1ccc([C@@H](C)NC(=O)CN(c2cc(Cl)cc(Cl)c2)S(C)(=O)=O)cc1. The van der Waals surface area contributed by atoms with Crippen molar-refractivity contribution in [2.75, 3.05) is 17.1 Å². The first-order valence-corrected chi connectivity index (χ1v) is 11.0. The summed E-state index contributed by atoms with van der Waals surface area (Å²) in [6, 6.07) is 12.1. The Kier molecular flexibility index (Phi) is 7.14. The topological polar surface area (TPSA) is 66.5 Å². The highest BCUT2D eigenvalue weighted by Gasteiger charge is 2.22. The molecule has 0 saturated carbocycles. The van der Waals surface area contributed by atoms with Gasteiger partial charge in [0.15, 0.2) is 0 Å². The average molecular weight is 429 g/mol. The van der Waals surface area contributed by atoms with Crippen LogP contribution in [0.15, 0.2) is 42.5 Å². The molecule has 0 fully saturated rings. The Labute approximate surface area is 170 Å². The molecular weight excluding hydrogens is 407 g/mol. The molecule has 0 aliphatic carbocycles. The molecule has 0 aliphatic heterocycles. The van der Waals surface area contributed by atoms with Crippen LogP contribution in [0.1, 0.15) is 31.0 Å². The Balaban J connectivity index is 2.16. The number of nitrogens with one attached hydrogen (secondary N) is 1. The minimum Gasteiger partial charge on any atom is -0.348 e. The predicted molar refractivity (Wildman–Crippen MR) is 111 cm³/mol. The summed E-state index contributed by atoms with van der Waals surface area (Å²) in [5, 5.41) is 3.40. The van der Waals surface area contributed by atoms with Gasteiger partial charge in [0.25, 0.3) is 0 Å². The van der Waals surface area contributed by atoms with Gasteiger partial charge in [0, 0.05) is 10.0 Å². The van der Waals surface area contributed by atoms with Crippen molar-refractivity contribution in [3.8, 4) is 0 Å². The van der Waals surface area contributed by atoms with E-state index in [2.05, 4.69) is 12.2 Å². The summed E-state index contributed by atoms with van der Waals surface area (Å²) < 4.78 is 25.3. The van der Waals surface area contributed by atoms with Gasteiger partial charge in [0.05, 0.1) is 18.0 Å². The lowest BCUT2D eigenvalue weighted by atomic mass is 10.1. The van der Waals surface area contributed by atoms with Crippen LogP contribution in [0.25, 0.3) is 0 Å². The van der Waals surface area contributed by atoms with E-state index >= 15 is 0 Å². The molecule has 0 radical (unpaired) electrons. The monoisotopic (exact) mass is 428 g/mol. The minimum atomic E-state index is -3.70. The van der Waals surface area contributed by atoms with E-state index in [0.29, 0.717) is 0 Å². The summed E-state index contributed by atoms with van der Waals surface area (Å²) in [5.41, 5.74) is 2.39. The highest BCUT2D eigenvalue weighted by Crippen LogP contribution is 2.27. The first kappa shape index (κ1) is 21.5. The molecule has 2 aromatic carbocycles. The number of benzene rings is 2. The number of sulfonamides is 1. The first-order chi connectivity index (χ1) is 12.6. The summed E-state index contributed by atoms with van der Waals surface area (Å²) in [6.07, 6.45) is 1.97. The van der Waals surface area contributed by atoms with Crippen molar-refractivity contribution < 1.29 is 13.2 Å². The molecule has 8 heteroatoms. The molecular formula is C19H22Cl2N2O3S. The second kappa shape index (κ2) is 8.95. The van der Waals surface area contributed by atoms with E-state index in [1.165, 1.54) is 23.8 Å². The number of carbonyl (C=O) groups is 1. The van der Waals surface area contributed by atoms with Gasteiger partial charge in [-0.1, -0.05) is 54.4 Å². The van der Waals surface area contributed by atoms with Gasteiger partial charge in [-0.25, -0.2) is 8.42 Å². The molecule has 0 aliphatic rings. The lowest BCUT2D eigenvalue weighted by Crippen LogP contribution is -2.41. The smallest absolute Gasteiger partial charge is 0.241 e. The molecule has 0 aromatic heterocycles. The van der Waals surface area contributed by atoms with E-state index in [4.69, 9.17) is 23.2 Å². The number of rotatable bonds is 7. The zero-order valence-electron chi connectivity index (χ0n) is 15.4. The van der Waals surface area contributed by atoms with E-state index in [0.717, 1.165) is 22.5 Å². The second-order valence-electron chi connectivity index (χ2n) is 6.28. The first-order valence-electron chi connectivity index (χ1n) is 8.42. The quantitative estimate of drug-likeness (QED) is 0.718. The van der Waals surface area contributed by atoms with Crippen LogP contribution in [0.4, 0.5) is 5.69 Å². The summed E-state index contributed by atoms with van der Waals surface area (Å²) in [5.74, 6) is -0.427. The van der Waals surface area contributed by atoms with E-state index in [-0.39, 0.29) is 28.3 Å². The van der Waals surface area contributed by atoms with Crippen LogP contribution in [0.3, 0.4) is 0 Å². The average Bonchev–Trinajstić information content (AvgIpc) is 2.57. The van der Waals surface area contributed by atoms with Crippen LogP contribution >= 0.6 is 23.2 Å². The fourth-order valence-corrected chi connectivity index (χ4v) is 3.98. The Bertz CT molecular complexity index is 895. The minimum absolute atomic E-state index is 0.241. The Morgan fingerprint density at radius 3 is 2.15 bits per heavy atom. The second-order valence-corrected chi connectivity index (χ2v) is 9.06.